The zero-order valence-electron chi connectivity index (χ0n) is 10.1. The molecule has 1 N–H and O–H groups in total. The van der Waals surface area contributed by atoms with Gasteiger partial charge in [0.15, 0.2) is 0 Å². The van der Waals surface area contributed by atoms with Crippen LogP contribution >= 0.6 is 0 Å². The highest BCUT2D eigenvalue weighted by molar-refractivity contribution is 4.97. The van der Waals surface area contributed by atoms with Gasteiger partial charge in [0.25, 0.3) is 0 Å². The molecule has 1 fully saturated rings. The van der Waals surface area contributed by atoms with Gasteiger partial charge in [0, 0.05) is 19.2 Å². The van der Waals surface area contributed by atoms with Crippen molar-refractivity contribution >= 4 is 0 Å². The molecule has 1 aliphatic carbocycles. The predicted octanol–water partition coefficient (Wildman–Crippen LogP) is 2.58. The van der Waals surface area contributed by atoms with Gasteiger partial charge in [-0.1, -0.05) is 20.3 Å². The molecule has 0 spiro atoms. The fourth-order valence-corrected chi connectivity index (χ4v) is 1.95. The third-order valence-electron chi connectivity index (χ3n) is 3.57. The molecule has 2 heteroatoms. The van der Waals surface area contributed by atoms with Gasteiger partial charge in [-0.25, -0.2) is 0 Å². The van der Waals surface area contributed by atoms with Crippen LogP contribution in [0.2, 0.25) is 0 Å². The Morgan fingerprint density at radius 3 is 2.50 bits per heavy atom. The van der Waals surface area contributed by atoms with E-state index in [0.717, 1.165) is 6.61 Å². The van der Waals surface area contributed by atoms with Crippen LogP contribution in [0.3, 0.4) is 0 Å². The number of hydrogen-bond acceptors (Lipinski definition) is 2. The fraction of sp³-hybridized carbons (Fsp3) is 1.00. The first-order chi connectivity index (χ1) is 6.62. The molecule has 2 nitrogen and oxygen atoms in total. The lowest BCUT2D eigenvalue weighted by atomic mass is 9.99. The highest BCUT2D eigenvalue weighted by Crippen LogP contribution is 2.48. The van der Waals surface area contributed by atoms with Crippen LogP contribution in [-0.2, 0) is 4.74 Å². The topological polar surface area (TPSA) is 21.3 Å². The molecule has 0 radical (unpaired) electrons. The second-order valence-corrected chi connectivity index (χ2v) is 4.98. The Morgan fingerprint density at radius 2 is 2.07 bits per heavy atom. The summed E-state index contributed by atoms with van der Waals surface area (Å²) in [7, 11) is 1.79. The summed E-state index contributed by atoms with van der Waals surface area (Å²) in [5, 5.41) is 3.70. The van der Waals surface area contributed by atoms with E-state index < -0.39 is 0 Å². The molecule has 84 valence electrons. The van der Waals surface area contributed by atoms with Gasteiger partial charge in [0.2, 0.25) is 0 Å². The van der Waals surface area contributed by atoms with Gasteiger partial charge < -0.3 is 10.1 Å². The summed E-state index contributed by atoms with van der Waals surface area (Å²) < 4.78 is 5.23. The maximum atomic E-state index is 5.23. The van der Waals surface area contributed by atoms with Crippen LogP contribution < -0.4 is 5.32 Å². The van der Waals surface area contributed by atoms with E-state index in [1.165, 1.54) is 25.7 Å². The van der Waals surface area contributed by atoms with E-state index in [4.69, 9.17) is 4.74 Å². The van der Waals surface area contributed by atoms with Gasteiger partial charge >= 0.3 is 0 Å². The molecular formula is C12H25NO. The van der Waals surface area contributed by atoms with Crippen molar-refractivity contribution in [2.24, 2.45) is 5.41 Å². The molecule has 1 aliphatic rings. The van der Waals surface area contributed by atoms with Crippen molar-refractivity contribution in [1.29, 1.82) is 0 Å². The predicted molar refractivity (Wildman–Crippen MR) is 60.5 cm³/mol. The molecule has 14 heavy (non-hydrogen) atoms. The van der Waals surface area contributed by atoms with Crippen molar-refractivity contribution in [1.82, 2.24) is 5.32 Å². The SMILES string of the molecule is CCCC(COC)NC(C)C1(C)CC1. The third-order valence-corrected chi connectivity index (χ3v) is 3.57. The normalized spacial score (nSPS) is 23.1. The average molecular weight is 199 g/mol. The van der Waals surface area contributed by atoms with Crippen molar-refractivity contribution in [3.8, 4) is 0 Å². The van der Waals surface area contributed by atoms with Crippen LogP contribution in [0.15, 0.2) is 0 Å². The van der Waals surface area contributed by atoms with Crippen LogP contribution in [0, 0.1) is 5.41 Å². The quantitative estimate of drug-likeness (QED) is 0.680. The van der Waals surface area contributed by atoms with Gasteiger partial charge in [-0.15, -0.1) is 0 Å². The maximum absolute atomic E-state index is 5.23. The van der Waals surface area contributed by atoms with E-state index in [1.54, 1.807) is 7.11 Å². The molecule has 2 unspecified atom stereocenters. The Bertz CT molecular complexity index is 160. The third kappa shape index (κ3) is 3.25. The first kappa shape index (κ1) is 12.0. The van der Waals surface area contributed by atoms with Gasteiger partial charge in [-0.05, 0) is 31.6 Å². The van der Waals surface area contributed by atoms with E-state index in [1.807, 2.05) is 0 Å². The van der Waals surface area contributed by atoms with Gasteiger partial charge in [0.05, 0.1) is 6.61 Å². The lowest BCUT2D eigenvalue weighted by Crippen LogP contribution is -2.43. The number of ether oxygens (including phenoxy) is 1. The Balaban J connectivity index is 2.30. The number of methoxy groups -OCH3 is 1. The Hall–Kier alpha value is -0.0800. The maximum Gasteiger partial charge on any atom is 0.0615 e. The summed E-state index contributed by atoms with van der Waals surface area (Å²) in [5.41, 5.74) is 0.569. The molecule has 1 saturated carbocycles. The monoisotopic (exact) mass is 199 g/mol. The molecule has 0 amide bonds. The summed E-state index contributed by atoms with van der Waals surface area (Å²) in [6.45, 7) is 7.76. The molecule has 0 bridgehead atoms. The minimum Gasteiger partial charge on any atom is -0.383 e. The largest absolute Gasteiger partial charge is 0.383 e. The molecule has 0 aromatic heterocycles. The van der Waals surface area contributed by atoms with Crippen molar-refractivity contribution in [2.75, 3.05) is 13.7 Å². The molecule has 0 heterocycles. The van der Waals surface area contributed by atoms with Crippen molar-refractivity contribution in [2.45, 2.75) is 58.5 Å². The van der Waals surface area contributed by atoms with Crippen LogP contribution in [0.25, 0.3) is 0 Å². The van der Waals surface area contributed by atoms with Crippen LogP contribution in [0.5, 0.6) is 0 Å². The summed E-state index contributed by atoms with van der Waals surface area (Å²) in [5.74, 6) is 0. The number of rotatable bonds is 7. The number of nitrogens with one attached hydrogen (secondary N) is 1. The summed E-state index contributed by atoms with van der Waals surface area (Å²) in [6, 6.07) is 1.17. The van der Waals surface area contributed by atoms with E-state index in [-0.39, 0.29) is 0 Å². The Labute approximate surface area is 88.4 Å². The first-order valence-corrected chi connectivity index (χ1v) is 5.87. The molecule has 2 atom stereocenters. The minimum atomic E-state index is 0.539. The van der Waals surface area contributed by atoms with Crippen molar-refractivity contribution < 1.29 is 4.74 Å². The summed E-state index contributed by atoms with van der Waals surface area (Å²) >= 11 is 0. The zero-order valence-corrected chi connectivity index (χ0v) is 10.1. The van der Waals surface area contributed by atoms with E-state index in [2.05, 4.69) is 26.1 Å². The van der Waals surface area contributed by atoms with E-state index >= 15 is 0 Å². The standard InChI is InChI=1S/C12H25NO/c1-5-6-11(9-14-4)13-10(2)12(3)7-8-12/h10-11,13H,5-9H2,1-4H3. The van der Waals surface area contributed by atoms with Crippen LogP contribution in [-0.4, -0.2) is 25.8 Å². The highest BCUT2D eigenvalue weighted by atomic mass is 16.5. The Kier molecular flexibility index (Phi) is 4.39. The lowest BCUT2D eigenvalue weighted by molar-refractivity contribution is 0.150. The molecule has 0 saturated heterocycles. The van der Waals surface area contributed by atoms with Gasteiger partial charge in [-0.2, -0.15) is 0 Å². The molecule has 0 aromatic carbocycles. The minimum absolute atomic E-state index is 0.539. The second-order valence-electron chi connectivity index (χ2n) is 4.98. The lowest BCUT2D eigenvalue weighted by Gasteiger charge is -2.26. The van der Waals surface area contributed by atoms with Crippen LogP contribution in [0.4, 0.5) is 0 Å². The first-order valence-electron chi connectivity index (χ1n) is 5.87. The van der Waals surface area contributed by atoms with Crippen molar-refractivity contribution in [3.05, 3.63) is 0 Å². The summed E-state index contributed by atoms with van der Waals surface area (Å²) in [6.07, 6.45) is 5.21. The van der Waals surface area contributed by atoms with Gasteiger partial charge in [0.1, 0.15) is 0 Å². The van der Waals surface area contributed by atoms with E-state index in [9.17, 15) is 0 Å². The van der Waals surface area contributed by atoms with Crippen molar-refractivity contribution in [3.63, 3.8) is 0 Å². The summed E-state index contributed by atoms with van der Waals surface area (Å²) in [4.78, 5) is 0. The van der Waals surface area contributed by atoms with Crippen LogP contribution in [0.1, 0.15) is 46.5 Å². The average Bonchev–Trinajstić information content (AvgIpc) is 2.86. The van der Waals surface area contributed by atoms with Gasteiger partial charge in [-0.3, -0.25) is 0 Å². The Morgan fingerprint density at radius 1 is 1.43 bits per heavy atom. The smallest absolute Gasteiger partial charge is 0.0615 e. The molecule has 0 aromatic rings. The van der Waals surface area contributed by atoms with E-state index in [0.29, 0.717) is 17.5 Å². The second kappa shape index (κ2) is 5.13. The number of hydrogen-bond donors (Lipinski definition) is 1. The molecule has 0 aliphatic heterocycles. The zero-order chi connectivity index (χ0) is 10.6. The fourth-order valence-electron chi connectivity index (χ4n) is 1.95. The molecule has 1 rings (SSSR count). The molecular weight excluding hydrogens is 174 g/mol. The highest BCUT2D eigenvalue weighted by Gasteiger charge is 2.42.